The number of carbonyl (C=O) groups excluding carboxylic acids is 1. The molecule has 144 valence electrons. The summed E-state index contributed by atoms with van der Waals surface area (Å²) < 4.78 is 2.07. The molecule has 0 spiro atoms. The average molecular weight is 401 g/mol. The van der Waals surface area contributed by atoms with Crippen LogP contribution < -0.4 is 10.2 Å². The molecule has 0 unspecified atom stereocenters. The summed E-state index contributed by atoms with van der Waals surface area (Å²) in [6.45, 7) is 1.66. The van der Waals surface area contributed by atoms with Gasteiger partial charge in [-0.2, -0.15) is 0 Å². The second-order valence-corrected chi connectivity index (χ2v) is 7.73. The lowest BCUT2D eigenvalue weighted by Gasteiger charge is -2.14. The number of fused-ring (bicyclic) bond motifs is 2. The fraction of sp³-hybridized carbons (Fsp3) is 0.136. The zero-order valence-electron chi connectivity index (χ0n) is 15.7. The van der Waals surface area contributed by atoms with Crippen molar-refractivity contribution in [3.8, 4) is 0 Å². The molecule has 2 heterocycles. The van der Waals surface area contributed by atoms with Gasteiger partial charge in [-0.25, -0.2) is 0 Å². The van der Waals surface area contributed by atoms with E-state index >= 15 is 0 Å². The van der Waals surface area contributed by atoms with Crippen molar-refractivity contribution in [3.63, 3.8) is 0 Å². The number of hydrogen-bond donors (Lipinski definition) is 1. The van der Waals surface area contributed by atoms with Gasteiger partial charge < -0.3 is 10.2 Å². The highest BCUT2D eigenvalue weighted by atomic mass is 32.2. The van der Waals surface area contributed by atoms with Crippen molar-refractivity contribution in [1.82, 2.24) is 14.8 Å². The van der Waals surface area contributed by atoms with Gasteiger partial charge >= 0.3 is 0 Å². The first-order valence-corrected chi connectivity index (χ1v) is 10.4. The quantitative estimate of drug-likeness (QED) is 0.505. The number of amides is 1. The molecule has 0 bridgehead atoms. The minimum Gasteiger partial charge on any atom is -0.325 e. The first-order chi connectivity index (χ1) is 14.3. The normalized spacial score (nSPS) is 12.9. The number of para-hydroxylation sites is 1. The Balaban J connectivity index is 1.27. The van der Waals surface area contributed by atoms with Crippen LogP contribution in [0.2, 0.25) is 0 Å². The third kappa shape index (κ3) is 3.45. The van der Waals surface area contributed by atoms with E-state index in [1.165, 1.54) is 11.8 Å². The fourth-order valence-corrected chi connectivity index (χ4v) is 4.35. The summed E-state index contributed by atoms with van der Waals surface area (Å²) in [5.74, 6) is 1.06. The highest BCUT2D eigenvalue weighted by Gasteiger charge is 2.26. The molecule has 29 heavy (non-hydrogen) atoms. The van der Waals surface area contributed by atoms with Gasteiger partial charge in [-0.1, -0.05) is 66.4 Å². The van der Waals surface area contributed by atoms with E-state index in [9.17, 15) is 4.79 Å². The maximum absolute atomic E-state index is 12.5. The number of nitrogens with one attached hydrogen (secondary N) is 1. The van der Waals surface area contributed by atoms with Crippen LogP contribution in [-0.4, -0.2) is 33.0 Å². The molecule has 0 fully saturated rings. The number of carbonyl (C=O) groups is 1. The number of thioether (sulfide) groups is 1. The van der Waals surface area contributed by atoms with Crippen LogP contribution in [0.15, 0.2) is 78.0 Å². The van der Waals surface area contributed by atoms with Gasteiger partial charge in [-0.05, 0) is 23.6 Å². The molecule has 4 aromatic rings. The predicted octanol–water partition coefficient (Wildman–Crippen LogP) is 4.31. The van der Waals surface area contributed by atoms with Crippen LogP contribution in [-0.2, 0) is 11.3 Å². The standard InChI is InChI=1S/C22H19N5OS/c28-20(23-19-12-6-8-16-7-4-5-11-18(16)19)15-29-22-25-24-21-26(13-14-27(21)22)17-9-2-1-3-10-17/h1-12H,13-15H2,(H,23,28). The summed E-state index contributed by atoms with van der Waals surface area (Å²) in [4.78, 5) is 14.7. The van der Waals surface area contributed by atoms with E-state index in [1.54, 1.807) is 0 Å². The van der Waals surface area contributed by atoms with E-state index in [0.29, 0.717) is 0 Å². The highest BCUT2D eigenvalue weighted by Crippen LogP contribution is 2.32. The van der Waals surface area contributed by atoms with Crippen LogP contribution in [0.25, 0.3) is 10.8 Å². The van der Waals surface area contributed by atoms with Crippen LogP contribution >= 0.6 is 11.8 Å². The fourth-order valence-electron chi connectivity index (χ4n) is 3.59. The molecule has 0 saturated carbocycles. The topological polar surface area (TPSA) is 63.1 Å². The molecule has 0 atom stereocenters. The van der Waals surface area contributed by atoms with Crippen molar-refractivity contribution in [2.75, 3.05) is 22.5 Å². The van der Waals surface area contributed by atoms with Crippen molar-refractivity contribution in [1.29, 1.82) is 0 Å². The van der Waals surface area contributed by atoms with Crippen LogP contribution in [0.1, 0.15) is 0 Å². The first kappa shape index (κ1) is 17.8. The number of hydrogen-bond acceptors (Lipinski definition) is 5. The summed E-state index contributed by atoms with van der Waals surface area (Å²) in [6.07, 6.45) is 0. The Hall–Kier alpha value is -3.32. The average Bonchev–Trinajstić information content (AvgIpc) is 3.36. The van der Waals surface area contributed by atoms with Gasteiger partial charge in [0.05, 0.1) is 5.75 Å². The molecule has 5 rings (SSSR count). The van der Waals surface area contributed by atoms with E-state index in [-0.39, 0.29) is 11.7 Å². The molecule has 1 N–H and O–H groups in total. The monoisotopic (exact) mass is 401 g/mol. The van der Waals surface area contributed by atoms with E-state index in [1.807, 2.05) is 60.7 Å². The Morgan fingerprint density at radius 1 is 0.931 bits per heavy atom. The maximum Gasteiger partial charge on any atom is 0.234 e. The molecule has 7 heteroatoms. The molecule has 0 saturated heterocycles. The van der Waals surface area contributed by atoms with Gasteiger partial charge in [0, 0.05) is 29.9 Å². The smallest absolute Gasteiger partial charge is 0.234 e. The maximum atomic E-state index is 12.5. The molecule has 1 amide bonds. The number of anilines is 3. The molecule has 0 radical (unpaired) electrons. The molecule has 1 aromatic heterocycles. The number of rotatable bonds is 5. The Kier molecular flexibility index (Phi) is 4.65. The number of nitrogens with zero attached hydrogens (tertiary/aromatic N) is 4. The largest absolute Gasteiger partial charge is 0.325 e. The third-order valence-electron chi connectivity index (χ3n) is 4.95. The van der Waals surface area contributed by atoms with Crippen LogP contribution in [0.5, 0.6) is 0 Å². The molecule has 0 aliphatic carbocycles. The molecular formula is C22H19N5OS. The second kappa shape index (κ2) is 7.60. The lowest BCUT2D eigenvalue weighted by molar-refractivity contribution is -0.113. The number of aromatic nitrogens is 3. The van der Waals surface area contributed by atoms with Gasteiger partial charge in [0.25, 0.3) is 0 Å². The van der Waals surface area contributed by atoms with E-state index in [2.05, 4.69) is 37.1 Å². The lowest BCUT2D eigenvalue weighted by Crippen LogP contribution is -2.15. The second-order valence-electron chi connectivity index (χ2n) is 6.78. The Morgan fingerprint density at radius 3 is 2.62 bits per heavy atom. The Morgan fingerprint density at radius 2 is 1.72 bits per heavy atom. The third-order valence-corrected chi connectivity index (χ3v) is 5.92. The van der Waals surface area contributed by atoms with Gasteiger partial charge in [-0.15, -0.1) is 10.2 Å². The SMILES string of the molecule is O=C(CSc1nnc2n1CCN2c1ccccc1)Nc1cccc2ccccc12. The van der Waals surface area contributed by atoms with Gasteiger partial charge in [0.1, 0.15) is 0 Å². The highest BCUT2D eigenvalue weighted by molar-refractivity contribution is 7.99. The van der Waals surface area contributed by atoms with Crippen LogP contribution in [0.4, 0.5) is 17.3 Å². The molecule has 3 aromatic carbocycles. The van der Waals surface area contributed by atoms with E-state index in [4.69, 9.17) is 0 Å². The van der Waals surface area contributed by atoms with E-state index < -0.39 is 0 Å². The van der Waals surface area contributed by atoms with Crippen LogP contribution in [0.3, 0.4) is 0 Å². The first-order valence-electron chi connectivity index (χ1n) is 9.46. The van der Waals surface area contributed by atoms with Crippen molar-refractivity contribution in [2.24, 2.45) is 0 Å². The van der Waals surface area contributed by atoms with Crippen molar-refractivity contribution >= 4 is 45.8 Å². The van der Waals surface area contributed by atoms with Crippen molar-refractivity contribution in [3.05, 3.63) is 72.8 Å². The zero-order valence-corrected chi connectivity index (χ0v) is 16.5. The summed E-state index contributed by atoms with van der Waals surface area (Å²) in [5, 5.41) is 14.6. The minimum absolute atomic E-state index is 0.0541. The van der Waals surface area contributed by atoms with Crippen molar-refractivity contribution in [2.45, 2.75) is 11.7 Å². The summed E-state index contributed by atoms with van der Waals surface area (Å²) in [6, 6.07) is 24.1. The summed E-state index contributed by atoms with van der Waals surface area (Å²) in [5.41, 5.74) is 1.93. The Labute approximate surface area is 172 Å². The summed E-state index contributed by atoms with van der Waals surface area (Å²) >= 11 is 1.41. The lowest BCUT2D eigenvalue weighted by atomic mass is 10.1. The molecule has 6 nitrogen and oxygen atoms in total. The Bertz CT molecular complexity index is 1170. The van der Waals surface area contributed by atoms with Gasteiger partial charge in [-0.3, -0.25) is 9.36 Å². The molecular weight excluding hydrogens is 382 g/mol. The van der Waals surface area contributed by atoms with E-state index in [0.717, 1.165) is 46.3 Å². The zero-order chi connectivity index (χ0) is 19.6. The van der Waals surface area contributed by atoms with Gasteiger partial charge in [0.15, 0.2) is 5.16 Å². The number of benzene rings is 3. The summed E-state index contributed by atoms with van der Waals surface area (Å²) in [7, 11) is 0. The van der Waals surface area contributed by atoms with Crippen molar-refractivity contribution < 1.29 is 4.79 Å². The molecule has 1 aliphatic rings. The molecule has 1 aliphatic heterocycles. The van der Waals surface area contributed by atoms with Crippen LogP contribution in [0, 0.1) is 0 Å². The minimum atomic E-state index is -0.0541. The van der Waals surface area contributed by atoms with Gasteiger partial charge in [0.2, 0.25) is 11.9 Å². The predicted molar refractivity (Wildman–Crippen MR) is 117 cm³/mol.